The van der Waals surface area contributed by atoms with Gasteiger partial charge in [-0.05, 0) is 25.0 Å². The molecular formula is C18H23N3O2. The highest BCUT2D eigenvalue weighted by Crippen LogP contribution is 2.29. The summed E-state index contributed by atoms with van der Waals surface area (Å²) in [6, 6.07) is 8.71. The van der Waals surface area contributed by atoms with Crippen LogP contribution >= 0.6 is 0 Å². The standard InChI is InChI=1S/C18H23N3O2/c1-20(16-4-2-3-13-5-8-19-17(13)16)18(22)14-11-21(12-14)15-6-9-23-10-7-15/h2-5,8,14-15,19H,6-7,9-12H2,1H3. The maximum Gasteiger partial charge on any atom is 0.232 e. The van der Waals surface area contributed by atoms with E-state index in [2.05, 4.69) is 16.0 Å². The Labute approximate surface area is 136 Å². The number of hydrogen-bond donors (Lipinski definition) is 1. The molecule has 5 nitrogen and oxygen atoms in total. The maximum atomic E-state index is 12.8. The van der Waals surface area contributed by atoms with Gasteiger partial charge in [0.05, 0.1) is 17.1 Å². The van der Waals surface area contributed by atoms with Crippen LogP contribution < -0.4 is 4.90 Å². The van der Waals surface area contributed by atoms with E-state index in [9.17, 15) is 4.79 Å². The van der Waals surface area contributed by atoms with E-state index in [4.69, 9.17) is 4.74 Å². The van der Waals surface area contributed by atoms with Crippen molar-refractivity contribution in [3.05, 3.63) is 30.5 Å². The van der Waals surface area contributed by atoms with E-state index in [1.807, 2.05) is 36.3 Å². The highest BCUT2D eigenvalue weighted by atomic mass is 16.5. The number of carbonyl (C=O) groups is 1. The molecule has 2 fully saturated rings. The molecule has 23 heavy (non-hydrogen) atoms. The van der Waals surface area contributed by atoms with Crippen molar-refractivity contribution in [3.8, 4) is 0 Å². The summed E-state index contributed by atoms with van der Waals surface area (Å²) in [6.45, 7) is 3.48. The Kier molecular flexibility index (Phi) is 3.83. The molecular weight excluding hydrogens is 290 g/mol. The Morgan fingerprint density at radius 3 is 2.83 bits per heavy atom. The molecule has 0 saturated carbocycles. The van der Waals surface area contributed by atoms with Crippen LogP contribution in [-0.2, 0) is 9.53 Å². The number of aromatic amines is 1. The minimum atomic E-state index is 0.119. The number of para-hydroxylation sites is 1. The second-order valence-electron chi connectivity index (χ2n) is 6.61. The molecule has 3 heterocycles. The first-order valence-corrected chi connectivity index (χ1v) is 8.39. The number of fused-ring (bicyclic) bond motifs is 1. The number of likely N-dealkylation sites (tertiary alicyclic amines) is 1. The third-order valence-electron chi connectivity index (χ3n) is 5.22. The van der Waals surface area contributed by atoms with Gasteiger partial charge < -0.3 is 14.6 Å². The summed E-state index contributed by atoms with van der Waals surface area (Å²) in [5.74, 6) is 0.337. The third kappa shape index (κ3) is 2.64. The van der Waals surface area contributed by atoms with Crippen molar-refractivity contribution in [3.63, 3.8) is 0 Å². The fourth-order valence-electron chi connectivity index (χ4n) is 3.76. The smallest absolute Gasteiger partial charge is 0.232 e. The van der Waals surface area contributed by atoms with Crippen molar-refractivity contribution < 1.29 is 9.53 Å². The molecule has 5 heteroatoms. The number of nitrogens with zero attached hydrogens (tertiary/aromatic N) is 2. The average molecular weight is 313 g/mol. The Balaban J connectivity index is 1.42. The minimum Gasteiger partial charge on any atom is -0.381 e. The van der Waals surface area contributed by atoms with Gasteiger partial charge in [-0.15, -0.1) is 0 Å². The minimum absolute atomic E-state index is 0.119. The van der Waals surface area contributed by atoms with Gasteiger partial charge in [0, 0.05) is 51.0 Å². The molecule has 0 atom stereocenters. The largest absolute Gasteiger partial charge is 0.381 e. The van der Waals surface area contributed by atoms with E-state index in [1.54, 1.807) is 0 Å². The van der Waals surface area contributed by atoms with Gasteiger partial charge in [0.1, 0.15) is 0 Å². The Morgan fingerprint density at radius 1 is 1.26 bits per heavy atom. The predicted octanol–water partition coefficient (Wildman–Crippen LogP) is 2.24. The first kappa shape index (κ1) is 14.7. The first-order chi connectivity index (χ1) is 11.2. The van der Waals surface area contributed by atoms with Gasteiger partial charge >= 0.3 is 0 Å². The first-order valence-electron chi connectivity index (χ1n) is 8.39. The van der Waals surface area contributed by atoms with Crippen LogP contribution in [0.25, 0.3) is 10.9 Å². The van der Waals surface area contributed by atoms with Crippen molar-refractivity contribution in [1.82, 2.24) is 9.88 Å². The molecule has 1 aromatic heterocycles. The Morgan fingerprint density at radius 2 is 2.04 bits per heavy atom. The molecule has 1 aromatic carbocycles. The van der Waals surface area contributed by atoms with Crippen molar-refractivity contribution in [2.45, 2.75) is 18.9 Å². The van der Waals surface area contributed by atoms with Crippen LogP contribution in [0.5, 0.6) is 0 Å². The fourth-order valence-corrected chi connectivity index (χ4v) is 3.76. The van der Waals surface area contributed by atoms with E-state index in [1.165, 1.54) is 0 Å². The van der Waals surface area contributed by atoms with E-state index in [0.29, 0.717) is 6.04 Å². The van der Waals surface area contributed by atoms with Crippen LogP contribution in [0.3, 0.4) is 0 Å². The van der Waals surface area contributed by atoms with Crippen LogP contribution in [0.4, 0.5) is 5.69 Å². The maximum absolute atomic E-state index is 12.8. The predicted molar refractivity (Wildman–Crippen MR) is 90.6 cm³/mol. The lowest BCUT2D eigenvalue weighted by Gasteiger charge is -2.45. The van der Waals surface area contributed by atoms with Gasteiger partial charge in [-0.3, -0.25) is 9.69 Å². The summed E-state index contributed by atoms with van der Waals surface area (Å²) in [7, 11) is 1.88. The molecule has 0 aliphatic carbocycles. The molecule has 0 spiro atoms. The number of nitrogens with one attached hydrogen (secondary N) is 1. The molecule has 1 N–H and O–H groups in total. The number of H-pyrrole nitrogens is 1. The molecule has 2 saturated heterocycles. The van der Waals surface area contributed by atoms with Gasteiger partial charge in [0.2, 0.25) is 5.91 Å². The van der Waals surface area contributed by atoms with Crippen LogP contribution in [0.1, 0.15) is 12.8 Å². The molecule has 4 rings (SSSR count). The molecule has 0 unspecified atom stereocenters. The van der Waals surface area contributed by atoms with Gasteiger partial charge in [0.15, 0.2) is 0 Å². The van der Waals surface area contributed by atoms with Crippen molar-refractivity contribution in [2.75, 3.05) is 38.3 Å². The SMILES string of the molecule is CN(C(=O)C1CN(C2CCOCC2)C1)c1cccc2cc[nH]c12. The van der Waals surface area contributed by atoms with E-state index in [0.717, 1.165) is 55.7 Å². The van der Waals surface area contributed by atoms with E-state index < -0.39 is 0 Å². The summed E-state index contributed by atoms with van der Waals surface area (Å²) >= 11 is 0. The quantitative estimate of drug-likeness (QED) is 0.945. The molecule has 2 aliphatic rings. The topological polar surface area (TPSA) is 48.6 Å². The third-order valence-corrected chi connectivity index (χ3v) is 5.22. The summed E-state index contributed by atoms with van der Waals surface area (Å²) in [4.78, 5) is 20.3. The number of benzene rings is 1. The summed E-state index contributed by atoms with van der Waals surface area (Å²) < 4.78 is 5.42. The Bertz CT molecular complexity index is 699. The number of ether oxygens (including phenoxy) is 1. The van der Waals surface area contributed by atoms with Crippen LogP contribution in [0, 0.1) is 5.92 Å². The lowest BCUT2D eigenvalue weighted by Crippen LogP contribution is -2.58. The summed E-state index contributed by atoms with van der Waals surface area (Å²) in [6.07, 6.45) is 4.11. The number of amides is 1. The lowest BCUT2D eigenvalue weighted by atomic mass is 9.93. The molecule has 122 valence electrons. The zero-order chi connectivity index (χ0) is 15.8. The fraction of sp³-hybridized carbons (Fsp3) is 0.500. The van der Waals surface area contributed by atoms with Gasteiger partial charge in [0.25, 0.3) is 0 Å². The number of hydrogen-bond acceptors (Lipinski definition) is 3. The second kappa shape index (κ2) is 5.98. The number of anilines is 1. The van der Waals surface area contributed by atoms with E-state index in [-0.39, 0.29) is 11.8 Å². The van der Waals surface area contributed by atoms with Crippen molar-refractivity contribution in [1.29, 1.82) is 0 Å². The normalized spacial score (nSPS) is 20.6. The summed E-state index contributed by atoms with van der Waals surface area (Å²) in [5, 5.41) is 1.14. The monoisotopic (exact) mass is 313 g/mol. The zero-order valence-corrected chi connectivity index (χ0v) is 13.5. The van der Waals surface area contributed by atoms with Crippen LogP contribution in [0.2, 0.25) is 0 Å². The number of aromatic nitrogens is 1. The zero-order valence-electron chi connectivity index (χ0n) is 13.5. The highest BCUT2D eigenvalue weighted by molar-refractivity contribution is 6.03. The van der Waals surface area contributed by atoms with Crippen molar-refractivity contribution in [2.24, 2.45) is 5.92 Å². The highest BCUT2D eigenvalue weighted by Gasteiger charge is 2.38. The molecule has 2 aliphatic heterocycles. The van der Waals surface area contributed by atoms with Gasteiger partial charge in [-0.25, -0.2) is 0 Å². The average Bonchev–Trinajstić information content (AvgIpc) is 3.02. The summed E-state index contributed by atoms with van der Waals surface area (Å²) in [5.41, 5.74) is 1.99. The number of carbonyl (C=O) groups excluding carboxylic acids is 1. The second-order valence-corrected chi connectivity index (χ2v) is 6.61. The van der Waals surface area contributed by atoms with Gasteiger partial charge in [-0.1, -0.05) is 12.1 Å². The molecule has 2 aromatic rings. The van der Waals surface area contributed by atoms with E-state index >= 15 is 0 Å². The van der Waals surface area contributed by atoms with Crippen molar-refractivity contribution >= 4 is 22.5 Å². The molecule has 1 amide bonds. The molecule has 0 bridgehead atoms. The van der Waals surface area contributed by atoms with Crippen LogP contribution in [0.15, 0.2) is 30.5 Å². The van der Waals surface area contributed by atoms with Crippen LogP contribution in [-0.4, -0.2) is 55.2 Å². The lowest BCUT2D eigenvalue weighted by molar-refractivity contribution is -0.129. The number of rotatable bonds is 3. The van der Waals surface area contributed by atoms with Gasteiger partial charge in [-0.2, -0.15) is 0 Å². The Hall–Kier alpha value is -1.85. The molecule has 0 radical (unpaired) electrons.